The molecular formula is C15H15N3O2. The van der Waals surface area contributed by atoms with Gasteiger partial charge in [-0.1, -0.05) is 11.1 Å². The van der Waals surface area contributed by atoms with Crippen molar-refractivity contribution in [2.45, 2.75) is 19.4 Å². The Morgan fingerprint density at radius 2 is 2.00 bits per heavy atom. The lowest BCUT2D eigenvalue weighted by molar-refractivity contribution is 0.354. The smallest absolute Gasteiger partial charge is 0.161 e. The van der Waals surface area contributed by atoms with Gasteiger partial charge < -0.3 is 9.47 Å². The van der Waals surface area contributed by atoms with Crippen molar-refractivity contribution < 1.29 is 9.47 Å². The SMILES string of the molecule is C#CCn1nnc2c1CCc1cc(OC)c(OC)cc1-2. The Morgan fingerprint density at radius 3 is 2.70 bits per heavy atom. The summed E-state index contributed by atoms with van der Waals surface area (Å²) in [5.74, 6) is 4.04. The van der Waals surface area contributed by atoms with Gasteiger partial charge >= 0.3 is 0 Å². The second-order valence-electron chi connectivity index (χ2n) is 4.61. The van der Waals surface area contributed by atoms with Crippen LogP contribution >= 0.6 is 0 Å². The van der Waals surface area contributed by atoms with Gasteiger partial charge in [-0.15, -0.1) is 11.5 Å². The van der Waals surface area contributed by atoms with E-state index >= 15 is 0 Å². The van der Waals surface area contributed by atoms with Gasteiger partial charge in [0.25, 0.3) is 0 Å². The molecular weight excluding hydrogens is 254 g/mol. The zero-order valence-corrected chi connectivity index (χ0v) is 11.5. The van der Waals surface area contributed by atoms with Crippen LogP contribution in [-0.2, 0) is 19.4 Å². The van der Waals surface area contributed by atoms with Gasteiger partial charge in [-0.2, -0.15) is 0 Å². The average Bonchev–Trinajstić information content (AvgIpc) is 2.89. The number of hydrogen-bond donors (Lipinski definition) is 0. The molecule has 0 atom stereocenters. The van der Waals surface area contributed by atoms with Gasteiger partial charge in [0.05, 0.1) is 19.9 Å². The Kier molecular flexibility index (Phi) is 3.07. The van der Waals surface area contributed by atoms with Gasteiger partial charge in [-0.05, 0) is 30.5 Å². The van der Waals surface area contributed by atoms with Crippen molar-refractivity contribution in [1.82, 2.24) is 15.0 Å². The second-order valence-corrected chi connectivity index (χ2v) is 4.61. The first-order valence-corrected chi connectivity index (χ1v) is 6.39. The van der Waals surface area contributed by atoms with E-state index < -0.39 is 0 Å². The van der Waals surface area contributed by atoms with Crippen molar-refractivity contribution in [2.24, 2.45) is 0 Å². The van der Waals surface area contributed by atoms with Crippen molar-refractivity contribution in [1.29, 1.82) is 0 Å². The third kappa shape index (κ3) is 1.81. The molecule has 0 fully saturated rings. The summed E-state index contributed by atoms with van der Waals surface area (Å²) in [6, 6.07) is 3.97. The summed E-state index contributed by atoms with van der Waals surface area (Å²) in [6.45, 7) is 0.449. The Morgan fingerprint density at radius 1 is 1.25 bits per heavy atom. The number of aromatic nitrogens is 3. The van der Waals surface area contributed by atoms with E-state index in [0.717, 1.165) is 35.5 Å². The summed E-state index contributed by atoms with van der Waals surface area (Å²) in [5, 5.41) is 8.41. The van der Waals surface area contributed by atoms with Crippen LogP contribution in [0.3, 0.4) is 0 Å². The maximum atomic E-state index is 5.36. The van der Waals surface area contributed by atoms with E-state index in [-0.39, 0.29) is 0 Å². The molecule has 3 rings (SSSR count). The number of nitrogens with zero attached hydrogens (tertiary/aromatic N) is 3. The van der Waals surface area contributed by atoms with Crippen molar-refractivity contribution in [2.75, 3.05) is 14.2 Å². The van der Waals surface area contributed by atoms with E-state index in [1.807, 2.05) is 12.1 Å². The molecule has 0 aliphatic heterocycles. The van der Waals surface area contributed by atoms with Crippen molar-refractivity contribution in [3.8, 4) is 35.1 Å². The number of hydrogen-bond acceptors (Lipinski definition) is 4. The van der Waals surface area contributed by atoms with Gasteiger partial charge in [0, 0.05) is 5.56 Å². The maximum Gasteiger partial charge on any atom is 0.161 e. The van der Waals surface area contributed by atoms with Crippen LogP contribution in [0, 0.1) is 12.3 Å². The zero-order valence-electron chi connectivity index (χ0n) is 11.5. The fourth-order valence-corrected chi connectivity index (χ4v) is 2.60. The minimum atomic E-state index is 0.449. The number of aryl methyl sites for hydroxylation is 1. The van der Waals surface area contributed by atoms with E-state index in [1.165, 1.54) is 5.56 Å². The summed E-state index contributed by atoms with van der Waals surface area (Å²) in [6.07, 6.45) is 7.15. The molecule has 1 aromatic heterocycles. The molecule has 0 unspecified atom stereocenters. The van der Waals surface area contributed by atoms with E-state index in [2.05, 4.69) is 16.2 Å². The van der Waals surface area contributed by atoms with Gasteiger partial charge in [-0.3, -0.25) is 0 Å². The van der Waals surface area contributed by atoms with Crippen molar-refractivity contribution in [3.63, 3.8) is 0 Å². The van der Waals surface area contributed by atoms with Crippen LogP contribution in [0.25, 0.3) is 11.3 Å². The van der Waals surface area contributed by atoms with Crippen LogP contribution in [0.4, 0.5) is 0 Å². The van der Waals surface area contributed by atoms with Crippen LogP contribution in [0.15, 0.2) is 12.1 Å². The molecule has 1 aliphatic rings. The highest BCUT2D eigenvalue weighted by Gasteiger charge is 2.24. The molecule has 20 heavy (non-hydrogen) atoms. The standard InChI is InChI=1S/C15H15N3O2/c1-4-7-18-12-6-5-10-8-13(19-2)14(20-3)9-11(10)15(12)16-17-18/h1,8-9H,5-7H2,2-3H3. The van der Waals surface area contributed by atoms with Crippen LogP contribution in [0.2, 0.25) is 0 Å². The Balaban J connectivity index is 2.14. The normalized spacial score (nSPS) is 12.2. The molecule has 0 amide bonds. The molecule has 0 saturated carbocycles. The van der Waals surface area contributed by atoms with Crippen molar-refractivity contribution >= 4 is 0 Å². The van der Waals surface area contributed by atoms with Crippen LogP contribution in [0.5, 0.6) is 11.5 Å². The van der Waals surface area contributed by atoms with E-state index in [9.17, 15) is 0 Å². The molecule has 102 valence electrons. The minimum absolute atomic E-state index is 0.449. The molecule has 1 aliphatic carbocycles. The van der Waals surface area contributed by atoms with Gasteiger partial charge in [0.15, 0.2) is 11.5 Å². The van der Waals surface area contributed by atoms with Crippen LogP contribution in [-0.4, -0.2) is 29.2 Å². The number of ether oxygens (including phenoxy) is 2. The monoisotopic (exact) mass is 269 g/mol. The summed E-state index contributed by atoms with van der Waals surface area (Å²) < 4.78 is 12.5. The third-order valence-electron chi connectivity index (χ3n) is 3.57. The number of rotatable bonds is 3. The lowest BCUT2D eigenvalue weighted by atomic mass is 9.91. The molecule has 5 nitrogen and oxygen atoms in total. The molecule has 0 saturated heterocycles. The topological polar surface area (TPSA) is 49.2 Å². The largest absolute Gasteiger partial charge is 0.493 e. The first-order valence-electron chi connectivity index (χ1n) is 6.39. The Labute approximate surface area is 117 Å². The molecule has 0 bridgehead atoms. The fourth-order valence-electron chi connectivity index (χ4n) is 2.60. The number of fused-ring (bicyclic) bond motifs is 3. The maximum absolute atomic E-state index is 5.36. The molecule has 5 heteroatoms. The molecule has 1 heterocycles. The zero-order chi connectivity index (χ0) is 14.1. The van der Waals surface area contributed by atoms with E-state index in [0.29, 0.717) is 12.3 Å². The predicted octanol–water partition coefficient (Wildman–Crippen LogP) is 1.69. The quantitative estimate of drug-likeness (QED) is 0.796. The minimum Gasteiger partial charge on any atom is -0.493 e. The Bertz CT molecular complexity index is 698. The Hall–Kier alpha value is -2.48. The number of benzene rings is 1. The molecule has 0 radical (unpaired) electrons. The van der Waals surface area contributed by atoms with Gasteiger partial charge in [0.2, 0.25) is 0 Å². The number of terminal acetylenes is 1. The number of methoxy groups -OCH3 is 2. The summed E-state index contributed by atoms with van der Waals surface area (Å²) in [7, 11) is 3.27. The molecule has 1 aromatic carbocycles. The van der Waals surface area contributed by atoms with E-state index in [1.54, 1.807) is 18.9 Å². The fraction of sp³-hybridized carbons (Fsp3) is 0.333. The van der Waals surface area contributed by atoms with Crippen molar-refractivity contribution in [3.05, 3.63) is 23.4 Å². The van der Waals surface area contributed by atoms with Gasteiger partial charge in [0.1, 0.15) is 12.2 Å². The first-order chi connectivity index (χ1) is 9.78. The second kappa shape index (κ2) is 4.89. The highest BCUT2D eigenvalue weighted by molar-refractivity contribution is 5.72. The first kappa shape index (κ1) is 12.5. The highest BCUT2D eigenvalue weighted by Crippen LogP contribution is 2.39. The summed E-state index contributed by atoms with van der Waals surface area (Å²) in [5.41, 5.74) is 4.22. The molecule has 2 aromatic rings. The summed E-state index contributed by atoms with van der Waals surface area (Å²) in [4.78, 5) is 0. The van der Waals surface area contributed by atoms with E-state index in [4.69, 9.17) is 15.9 Å². The molecule has 0 N–H and O–H groups in total. The highest BCUT2D eigenvalue weighted by atomic mass is 16.5. The third-order valence-corrected chi connectivity index (χ3v) is 3.57. The molecule has 0 spiro atoms. The van der Waals surface area contributed by atoms with Crippen LogP contribution < -0.4 is 9.47 Å². The lowest BCUT2D eigenvalue weighted by Crippen LogP contribution is -2.10. The summed E-state index contributed by atoms with van der Waals surface area (Å²) >= 11 is 0. The van der Waals surface area contributed by atoms with Gasteiger partial charge in [-0.25, -0.2) is 4.68 Å². The average molecular weight is 269 g/mol. The van der Waals surface area contributed by atoms with Crippen LogP contribution in [0.1, 0.15) is 11.3 Å². The predicted molar refractivity (Wildman–Crippen MR) is 74.8 cm³/mol. The lowest BCUT2D eigenvalue weighted by Gasteiger charge is -2.18.